The molecule has 1 unspecified atom stereocenters. The van der Waals surface area contributed by atoms with Crippen molar-refractivity contribution in [1.29, 1.82) is 5.26 Å². The lowest BCUT2D eigenvalue weighted by molar-refractivity contribution is -0.113. The first kappa shape index (κ1) is 14.6. The number of nitriles is 1. The monoisotopic (exact) mass is 297 g/mol. The van der Waals surface area contributed by atoms with E-state index in [1.54, 1.807) is 12.1 Å². The highest BCUT2D eigenvalue weighted by Gasteiger charge is 2.20. The molecule has 0 bridgehead atoms. The summed E-state index contributed by atoms with van der Waals surface area (Å²) in [6, 6.07) is 4.63. The summed E-state index contributed by atoms with van der Waals surface area (Å²) in [5, 5.41) is 14.2. The van der Waals surface area contributed by atoms with Gasteiger partial charge < -0.3 is 15.4 Å². The second-order valence-corrected chi connectivity index (χ2v) is 4.57. The first-order valence-electron chi connectivity index (χ1n) is 6.09. The zero-order valence-corrected chi connectivity index (χ0v) is 11.3. The van der Waals surface area contributed by atoms with E-state index in [4.69, 9.17) is 21.6 Å². The Morgan fingerprint density at radius 2 is 2.35 bits per heavy atom. The molecule has 7 heteroatoms. The number of hydrogen-bond donors (Lipinski definition) is 2. The fourth-order valence-electron chi connectivity index (χ4n) is 1.77. The number of carbonyl (C=O) groups is 1. The van der Waals surface area contributed by atoms with Crippen LogP contribution in [0.25, 0.3) is 0 Å². The Balaban J connectivity index is 2.21. The number of amides is 1. The summed E-state index contributed by atoms with van der Waals surface area (Å²) in [6.07, 6.45) is 1.03. The minimum absolute atomic E-state index is 0.0611. The van der Waals surface area contributed by atoms with Gasteiger partial charge in [-0.3, -0.25) is 4.79 Å². The van der Waals surface area contributed by atoms with Crippen LogP contribution in [0, 0.1) is 17.1 Å². The van der Waals surface area contributed by atoms with Crippen molar-refractivity contribution in [1.82, 2.24) is 0 Å². The summed E-state index contributed by atoms with van der Waals surface area (Å²) >= 11 is 5.40. The van der Waals surface area contributed by atoms with E-state index in [1.807, 2.05) is 0 Å². The summed E-state index contributed by atoms with van der Waals surface area (Å²) < 4.78 is 19.4. The van der Waals surface area contributed by atoms with E-state index < -0.39 is 11.7 Å². The van der Waals surface area contributed by atoms with Crippen LogP contribution in [0.1, 0.15) is 12.0 Å². The van der Waals surface area contributed by atoms with Gasteiger partial charge in [0.15, 0.2) is 5.82 Å². The molecule has 1 aromatic rings. The first-order chi connectivity index (χ1) is 9.65. The zero-order chi connectivity index (χ0) is 14.5. The number of carbonyl (C=O) groups excluding carboxylic acids is 1. The normalized spacial score (nSPS) is 16.9. The van der Waals surface area contributed by atoms with Gasteiger partial charge in [-0.1, -0.05) is 0 Å². The van der Waals surface area contributed by atoms with Gasteiger partial charge >= 0.3 is 0 Å². The molecule has 0 saturated carbocycles. The number of anilines is 2. The van der Waals surface area contributed by atoms with Gasteiger partial charge in [0.05, 0.1) is 17.4 Å². The number of nitrogens with zero attached hydrogens (tertiary/aromatic N) is 1. The van der Waals surface area contributed by atoms with E-state index in [0.717, 1.165) is 13.0 Å². The molecule has 106 valence electrons. The average molecular weight is 298 g/mol. The Bertz CT molecular complexity index is 555. The van der Waals surface area contributed by atoms with Gasteiger partial charge in [-0.05, 0) is 18.6 Å². The highest BCUT2D eigenvalue weighted by atomic mass is 35.5. The lowest BCUT2D eigenvalue weighted by atomic mass is 10.1. The van der Waals surface area contributed by atoms with Gasteiger partial charge in [-0.2, -0.15) is 5.26 Å². The van der Waals surface area contributed by atoms with E-state index >= 15 is 0 Å². The smallest absolute Gasteiger partial charge is 0.239 e. The molecule has 1 amide bonds. The second kappa shape index (κ2) is 6.55. The van der Waals surface area contributed by atoms with Crippen LogP contribution in [0.3, 0.4) is 0 Å². The predicted molar refractivity (Wildman–Crippen MR) is 73.3 cm³/mol. The van der Waals surface area contributed by atoms with Crippen molar-refractivity contribution in [2.45, 2.75) is 12.5 Å². The lowest BCUT2D eigenvalue weighted by Crippen LogP contribution is -2.33. The number of ether oxygens (including phenoxy) is 1. The number of rotatable bonds is 5. The van der Waals surface area contributed by atoms with Crippen LogP contribution in [0.4, 0.5) is 15.8 Å². The van der Waals surface area contributed by atoms with E-state index in [9.17, 15) is 9.18 Å². The maximum absolute atomic E-state index is 14.1. The SMILES string of the molecule is N#Cc1ccc(NCC2CCO2)c(NC(=O)CCl)c1F. The van der Waals surface area contributed by atoms with Gasteiger partial charge in [0.1, 0.15) is 17.6 Å². The third-order valence-corrected chi connectivity index (χ3v) is 3.20. The maximum atomic E-state index is 14.1. The molecular formula is C13H13ClFN3O2. The largest absolute Gasteiger partial charge is 0.381 e. The molecule has 1 aliphatic rings. The van der Waals surface area contributed by atoms with Crippen molar-refractivity contribution in [3.63, 3.8) is 0 Å². The summed E-state index contributed by atoms with van der Waals surface area (Å²) in [5.74, 6) is -1.60. The molecule has 0 radical (unpaired) electrons. The molecular weight excluding hydrogens is 285 g/mol. The highest BCUT2D eigenvalue weighted by Crippen LogP contribution is 2.28. The summed E-state index contributed by atoms with van der Waals surface area (Å²) in [7, 11) is 0. The fraction of sp³-hybridized carbons (Fsp3) is 0.385. The summed E-state index contributed by atoms with van der Waals surface area (Å²) in [4.78, 5) is 11.3. The number of hydrogen-bond acceptors (Lipinski definition) is 4. The highest BCUT2D eigenvalue weighted by molar-refractivity contribution is 6.29. The average Bonchev–Trinajstić information content (AvgIpc) is 2.40. The Morgan fingerprint density at radius 1 is 1.60 bits per heavy atom. The fourth-order valence-corrected chi connectivity index (χ4v) is 1.84. The molecule has 1 saturated heterocycles. The van der Waals surface area contributed by atoms with E-state index in [1.165, 1.54) is 6.07 Å². The standard InChI is InChI=1S/C13H13ClFN3O2/c14-5-11(19)18-13-10(17-7-9-3-4-20-9)2-1-8(6-16)12(13)15/h1-2,9,17H,3-5,7H2,(H,18,19). The van der Waals surface area contributed by atoms with Crippen LogP contribution < -0.4 is 10.6 Å². The van der Waals surface area contributed by atoms with Crippen LogP contribution in [0.15, 0.2) is 12.1 Å². The summed E-state index contributed by atoms with van der Waals surface area (Å²) in [5.41, 5.74) is 0.199. The van der Waals surface area contributed by atoms with Crippen molar-refractivity contribution < 1.29 is 13.9 Å². The third-order valence-electron chi connectivity index (χ3n) is 2.96. The Labute approximate surface area is 120 Å². The molecule has 0 aromatic heterocycles. The van der Waals surface area contributed by atoms with Crippen LogP contribution in [-0.2, 0) is 9.53 Å². The topological polar surface area (TPSA) is 74.2 Å². The van der Waals surface area contributed by atoms with Crippen molar-refractivity contribution in [3.05, 3.63) is 23.5 Å². The molecule has 1 heterocycles. The van der Waals surface area contributed by atoms with E-state index in [-0.39, 0.29) is 23.2 Å². The molecule has 0 spiro atoms. The second-order valence-electron chi connectivity index (χ2n) is 4.31. The molecule has 20 heavy (non-hydrogen) atoms. The zero-order valence-electron chi connectivity index (χ0n) is 10.6. The first-order valence-corrected chi connectivity index (χ1v) is 6.63. The van der Waals surface area contributed by atoms with Gasteiger partial charge in [0.25, 0.3) is 0 Å². The van der Waals surface area contributed by atoms with Gasteiger partial charge in [-0.15, -0.1) is 11.6 Å². The van der Waals surface area contributed by atoms with E-state index in [0.29, 0.717) is 12.2 Å². The Kier molecular flexibility index (Phi) is 4.77. The predicted octanol–water partition coefficient (Wildman–Crippen LogP) is 2.08. The Morgan fingerprint density at radius 3 is 2.90 bits per heavy atom. The number of nitrogens with one attached hydrogen (secondary N) is 2. The van der Waals surface area contributed by atoms with Gasteiger partial charge in [-0.25, -0.2) is 4.39 Å². The van der Waals surface area contributed by atoms with Crippen LogP contribution in [0.2, 0.25) is 0 Å². The number of benzene rings is 1. The maximum Gasteiger partial charge on any atom is 0.239 e. The van der Waals surface area contributed by atoms with Gasteiger partial charge in [0.2, 0.25) is 5.91 Å². The molecule has 1 atom stereocenters. The lowest BCUT2D eigenvalue weighted by Gasteiger charge is -2.27. The minimum Gasteiger partial charge on any atom is -0.381 e. The van der Waals surface area contributed by atoms with Crippen molar-refractivity contribution >= 4 is 28.9 Å². The molecule has 2 rings (SSSR count). The minimum atomic E-state index is -0.773. The Hall–Kier alpha value is -1.84. The molecule has 1 aromatic carbocycles. The van der Waals surface area contributed by atoms with Crippen molar-refractivity contribution in [2.75, 3.05) is 29.7 Å². The molecule has 1 fully saturated rings. The van der Waals surface area contributed by atoms with Gasteiger partial charge in [0, 0.05) is 13.2 Å². The molecule has 5 nitrogen and oxygen atoms in total. The molecule has 1 aliphatic heterocycles. The quantitative estimate of drug-likeness (QED) is 0.816. The third kappa shape index (κ3) is 3.18. The van der Waals surface area contributed by atoms with Crippen LogP contribution in [-0.4, -0.2) is 31.0 Å². The summed E-state index contributed by atoms with van der Waals surface area (Å²) in [6.45, 7) is 1.24. The van der Waals surface area contributed by atoms with E-state index in [2.05, 4.69) is 10.6 Å². The van der Waals surface area contributed by atoms with Crippen LogP contribution in [0.5, 0.6) is 0 Å². The van der Waals surface area contributed by atoms with Crippen LogP contribution >= 0.6 is 11.6 Å². The van der Waals surface area contributed by atoms with Crippen molar-refractivity contribution in [3.8, 4) is 6.07 Å². The number of halogens is 2. The van der Waals surface area contributed by atoms with Crippen molar-refractivity contribution in [2.24, 2.45) is 0 Å². The molecule has 0 aliphatic carbocycles. The number of alkyl halides is 1. The molecule has 2 N–H and O–H groups in total.